The van der Waals surface area contributed by atoms with Gasteiger partial charge in [-0.3, -0.25) is 0 Å². The van der Waals surface area contributed by atoms with Crippen molar-refractivity contribution < 1.29 is 13.3 Å². The van der Waals surface area contributed by atoms with Gasteiger partial charge in [-0.15, -0.1) is 0 Å². The molecule has 0 aliphatic carbocycles. The summed E-state index contributed by atoms with van der Waals surface area (Å²) in [5.41, 5.74) is 6.56. The van der Waals surface area contributed by atoms with Crippen molar-refractivity contribution in [3.8, 4) is 22.5 Å². The summed E-state index contributed by atoms with van der Waals surface area (Å²) in [4.78, 5) is 0. The first-order valence-corrected chi connectivity index (χ1v) is 5.93. The van der Waals surface area contributed by atoms with Crippen LogP contribution in [0.3, 0.4) is 0 Å². The van der Waals surface area contributed by atoms with E-state index in [0.29, 0.717) is 11.1 Å². The molecule has 0 saturated heterocycles. The lowest BCUT2D eigenvalue weighted by molar-refractivity contribution is 0.430. The first-order chi connectivity index (χ1) is 9.68. The Morgan fingerprint density at radius 2 is 1.50 bits per heavy atom. The molecule has 3 aromatic rings. The van der Waals surface area contributed by atoms with E-state index < -0.39 is 11.6 Å². The lowest BCUT2D eigenvalue weighted by Crippen LogP contribution is -1.92. The molecule has 2 N–H and O–H groups in total. The average molecular weight is 272 g/mol. The van der Waals surface area contributed by atoms with Crippen molar-refractivity contribution >= 4 is 5.82 Å². The molecule has 0 fully saturated rings. The monoisotopic (exact) mass is 272 g/mol. The Bertz CT molecular complexity index is 734. The van der Waals surface area contributed by atoms with E-state index in [4.69, 9.17) is 10.3 Å². The van der Waals surface area contributed by atoms with E-state index in [9.17, 15) is 8.78 Å². The van der Waals surface area contributed by atoms with Gasteiger partial charge in [0.1, 0.15) is 11.6 Å². The topological polar surface area (TPSA) is 52.0 Å². The number of aromatic nitrogens is 1. The van der Waals surface area contributed by atoms with Crippen LogP contribution < -0.4 is 5.73 Å². The summed E-state index contributed by atoms with van der Waals surface area (Å²) in [6, 6.07) is 12.6. The van der Waals surface area contributed by atoms with Gasteiger partial charge in [0.15, 0.2) is 11.6 Å². The molecule has 3 nitrogen and oxygen atoms in total. The average Bonchev–Trinajstić information content (AvgIpc) is 2.81. The molecule has 0 spiro atoms. The highest BCUT2D eigenvalue weighted by atomic mass is 19.1. The Hall–Kier alpha value is -2.69. The molecule has 0 radical (unpaired) electrons. The molecule has 0 bridgehead atoms. The molecule has 0 amide bonds. The Balaban J connectivity index is 2.27. The molecular formula is C15H10F2N2O. The van der Waals surface area contributed by atoms with Crippen LogP contribution in [0, 0.1) is 11.6 Å². The zero-order valence-corrected chi connectivity index (χ0v) is 10.3. The first-order valence-electron chi connectivity index (χ1n) is 5.93. The van der Waals surface area contributed by atoms with Gasteiger partial charge >= 0.3 is 0 Å². The van der Waals surface area contributed by atoms with Gasteiger partial charge in [-0.1, -0.05) is 41.6 Å². The molecule has 1 heterocycles. The van der Waals surface area contributed by atoms with Gasteiger partial charge in [0, 0.05) is 0 Å². The maximum absolute atomic E-state index is 13.9. The number of hydrogen-bond acceptors (Lipinski definition) is 3. The summed E-state index contributed by atoms with van der Waals surface area (Å²) in [5.74, 6) is -1.37. The van der Waals surface area contributed by atoms with Gasteiger partial charge < -0.3 is 10.3 Å². The lowest BCUT2D eigenvalue weighted by Gasteiger charge is -2.04. The predicted molar refractivity (Wildman–Crippen MR) is 71.7 cm³/mol. The zero-order valence-electron chi connectivity index (χ0n) is 10.3. The highest BCUT2D eigenvalue weighted by Crippen LogP contribution is 2.38. The van der Waals surface area contributed by atoms with Gasteiger partial charge in [-0.25, -0.2) is 8.78 Å². The molecule has 0 atom stereocenters. The zero-order chi connectivity index (χ0) is 14.1. The van der Waals surface area contributed by atoms with Gasteiger partial charge in [0.25, 0.3) is 0 Å². The second-order valence-electron chi connectivity index (χ2n) is 4.23. The molecule has 0 unspecified atom stereocenters. The number of nitrogens with zero attached hydrogens (tertiary/aromatic N) is 1. The molecular weight excluding hydrogens is 262 g/mol. The Morgan fingerprint density at radius 1 is 0.850 bits per heavy atom. The molecule has 2 aromatic carbocycles. The van der Waals surface area contributed by atoms with Crippen molar-refractivity contribution in [2.45, 2.75) is 0 Å². The summed E-state index contributed by atoms with van der Waals surface area (Å²) in [6.07, 6.45) is 0. The second-order valence-corrected chi connectivity index (χ2v) is 4.23. The molecule has 0 aliphatic heterocycles. The van der Waals surface area contributed by atoms with Gasteiger partial charge in [0.2, 0.25) is 0 Å². The van der Waals surface area contributed by atoms with Crippen LogP contribution >= 0.6 is 0 Å². The molecule has 100 valence electrons. The molecule has 3 rings (SSSR count). The largest absolute Gasteiger partial charge is 0.380 e. The number of nitrogens with two attached hydrogens (primary N) is 1. The van der Waals surface area contributed by atoms with Crippen molar-refractivity contribution in [2.24, 2.45) is 0 Å². The smallest absolute Gasteiger partial charge is 0.182 e. The first kappa shape index (κ1) is 12.3. The van der Waals surface area contributed by atoms with E-state index >= 15 is 0 Å². The summed E-state index contributed by atoms with van der Waals surface area (Å²) in [7, 11) is 0. The Kier molecular flexibility index (Phi) is 2.95. The van der Waals surface area contributed by atoms with E-state index in [2.05, 4.69) is 5.16 Å². The van der Waals surface area contributed by atoms with Crippen molar-refractivity contribution in [3.05, 3.63) is 60.2 Å². The number of nitrogen functional groups attached to an aromatic ring is 1. The van der Waals surface area contributed by atoms with E-state index in [1.807, 2.05) is 6.07 Å². The van der Waals surface area contributed by atoms with Crippen LogP contribution in [0.15, 0.2) is 53.1 Å². The number of benzene rings is 2. The third-order valence-electron chi connectivity index (χ3n) is 2.97. The van der Waals surface area contributed by atoms with Gasteiger partial charge in [-0.05, 0) is 17.7 Å². The van der Waals surface area contributed by atoms with Crippen molar-refractivity contribution in [2.75, 3.05) is 5.73 Å². The van der Waals surface area contributed by atoms with Gasteiger partial charge in [0.05, 0.1) is 11.1 Å². The Labute approximate surface area is 113 Å². The van der Waals surface area contributed by atoms with Crippen LogP contribution in [-0.4, -0.2) is 5.16 Å². The maximum atomic E-state index is 13.9. The molecule has 1 aromatic heterocycles. The Morgan fingerprint density at radius 3 is 2.15 bits per heavy atom. The standard InChI is InChI=1S/C15H10F2N2O/c16-10-7-4-8-11(17)13(10)14-12(15(18)19-20-14)9-5-2-1-3-6-9/h1-8H,(H2,18,19). The minimum Gasteiger partial charge on any atom is -0.380 e. The number of rotatable bonds is 2. The molecule has 5 heteroatoms. The summed E-state index contributed by atoms with van der Waals surface area (Å²) < 4.78 is 32.8. The SMILES string of the molecule is Nc1noc(-c2c(F)cccc2F)c1-c1ccccc1. The molecule has 0 saturated carbocycles. The van der Waals surface area contributed by atoms with Gasteiger partial charge in [-0.2, -0.15) is 0 Å². The summed E-state index contributed by atoms with van der Waals surface area (Å²) in [6.45, 7) is 0. The van der Waals surface area contributed by atoms with Crippen LogP contribution in [0.1, 0.15) is 0 Å². The predicted octanol–water partition coefficient (Wildman–Crippen LogP) is 3.87. The molecule has 0 aliphatic rings. The normalized spacial score (nSPS) is 10.7. The fourth-order valence-corrected chi connectivity index (χ4v) is 2.07. The van der Waals surface area contributed by atoms with E-state index in [1.165, 1.54) is 6.07 Å². The third kappa shape index (κ3) is 1.93. The fourth-order valence-electron chi connectivity index (χ4n) is 2.07. The summed E-state index contributed by atoms with van der Waals surface area (Å²) >= 11 is 0. The maximum Gasteiger partial charge on any atom is 0.182 e. The van der Waals surface area contributed by atoms with Crippen LogP contribution in [0.25, 0.3) is 22.5 Å². The quantitative estimate of drug-likeness (QED) is 0.770. The molecule has 20 heavy (non-hydrogen) atoms. The van der Waals surface area contributed by atoms with E-state index in [0.717, 1.165) is 12.1 Å². The van der Waals surface area contributed by atoms with E-state index in [1.54, 1.807) is 24.3 Å². The second kappa shape index (κ2) is 4.77. The lowest BCUT2D eigenvalue weighted by atomic mass is 10.0. The summed E-state index contributed by atoms with van der Waals surface area (Å²) in [5, 5.41) is 3.62. The van der Waals surface area contributed by atoms with Crippen molar-refractivity contribution in [1.82, 2.24) is 5.16 Å². The highest BCUT2D eigenvalue weighted by Gasteiger charge is 2.23. The number of halogens is 2. The van der Waals surface area contributed by atoms with Crippen LogP contribution in [0.5, 0.6) is 0 Å². The van der Waals surface area contributed by atoms with Crippen LogP contribution in [0.2, 0.25) is 0 Å². The minimum absolute atomic E-state index is 0.00991. The third-order valence-corrected chi connectivity index (χ3v) is 2.97. The van der Waals surface area contributed by atoms with Crippen molar-refractivity contribution in [3.63, 3.8) is 0 Å². The highest BCUT2D eigenvalue weighted by molar-refractivity contribution is 5.86. The minimum atomic E-state index is -0.724. The number of hydrogen-bond donors (Lipinski definition) is 1. The van der Waals surface area contributed by atoms with Crippen molar-refractivity contribution in [1.29, 1.82) is 0 Å². The number of anilines is 1. The fraction of sp³-hybridized carbons (Fsp3) is 0. The van der Waals surface area contributed by atoms with E-state index in [-0.39, 0.29) is 17.1 Å². The van der Waals surface area contributed by atoms with Crippen LogP contribution in [-0.2, 0) is 0 Å². The van der Waals surface area contributed by atoms with Crippen LogP contribution in [0.4, 0.5) is 14.6 Å².